The van der Waals surface area contributed by atoms with Crippen LogP contribution in [0.3, 0.4) is 0 Å². The van der Waals surface area contributed by atoms with Crippen molar-refractivity contribution in [3.8, 4) is 22.7 Å². The van der Waals surface area contributed by atoms with Crippen LogP contribution in [0.25, 0.3) is 16.9 Å². The lowest BCUT2D eigenvalue weighted by atomic mass is 9.88. The van der Waals surface area contributed by atoms with Crippen LogP contribution in [0.4, 0.5) is 0 Å². The molecule has 1 fully saturated rings. The molecule has 1 aliphatic heterocycles. The van der Waals surface area contributed by atoms with Gasteiger partial charge in [-0.15, -0.1) is 0 Å². The molecular formula is C25H23BrCl2N4O3. The van der Waals surface area contributed by atoms with Crippen LogP contribution < -0.4 is 10.1 Å². The number of benzene rings is 2. The van der Waals surface area contributed by atoms with E-state index in [1.165, 1.54) is 0 Å². The Hall–Kier alpha value is -2.55. The summed E-state index contributed by atoms with van der Waals surface area (Å²) in [4.78, 5) is 28.0. The Morgan fingerprint density at radius 3 is 2.54 bits per heavy atom. The van der Waals surface area contributed by atoms with Gasteiger partial charge in [-0.3, -0.25) is 9.59 Å². The van der Waals surface area contributed by atoms with E-state index in [9.17, 15) is 9.59 Å². The lowest BCUT2D eigenvalue weighted by Crippen LogP contribution is -2.63. The van der Waals surface area contributed by atoms with Crippen LogP contribution in [0.15, 0.2) is 34.8 Å². The number of halogens is 3. The minimum atomic E-state index is -0.992. The summed E-state index contributed by atoms with van der Waals surface area (Å²) >= 11 is 16.2. The molecule has 0 unspecified atom stereocenters. The maximum Gasteiger partial charge on any atom is 0.275 e. The second-order valence-electron chi connectivity index (χ2n) is 9.13. The maximum atomic E-state index is 13.9. The van der Waals surface area contributed by atoms with Gasteiger partial charge in [0.2, 0.25) is 5.91 Å². The monoisotopic (exact) mass is 576 g/mol. The van der Waals surface area contributed by atoms with Gasteiger partial charge in [-0.2, -0.15) is 5.10 Å². The average molecular weight is 578 g/mol. The lowest BCUT2D eigenvalue weighted by Gasteiger charge is -2.40. The molecule has 0 saturated carbocycles. The number of fused-ring (bicyclic) bond motifs is 3. The van der Waals surface area contributed by atoms with E-state index >= 15 is 0 Å². The molecular weight excluding hydrogens is 555 g/mol. The highest BCUT2D eigenvalue weighted by molar-refractivity contribution is 9.10. The Bertz CT molecular complexity index is 1370. The highest BCUT2D eigenvalue weighted by Gasteiger charge is 2.43. The number of aromatic nitrogens is 2. The Labute approximate surface area is 221 Å². The molecule has 3 aromatic rings. The first-order valence-corrected chi connectivity index (χ1v) is 12.7. The number of nitrogens with zero attached hydrogens (tertiary/aromatic N) is 3. The van der Waals surface area contributed by atoms with Crippen LogP contribution in [-0.2, 0) is 17.6 Å². The molecule has 182 valence electrons. The number of hydrogen-bond acceptors (Lipinski definition) is 4. The SMILES string of the molecule is COc1cc2c(cc1Br)-c1c(c(C(=O)N3CCNC(=O)C3(C)C)nn1-c1cc(Cl)cc(Cl)c1)CC2. The number of rotatable bonds is 3. The number of nitrogens with one attached hydrogen (secondary N) is 1. The van der Waals surface area contributed by atoms with Crippen LogP contribution in [0, 0.1) is 0 Å². The largest absolute Gasteiger partial charge is 0.496 e. The number of amides is 2. The molecule has 0 bridgehead atoms. The van der Waals surface area contributed by atoms with Gasteiger partial charge in [0.25, 0.3) is 5.91 Å². The predicted octanol–water partition coefficient (Wildman–Crippen LogP) is 5.07. The summed E-state index contributed by atoms with van der Waals surface area (Å²) in [5.41, 5.74) is 3.65. The lowest BCUT2D eigenvalue weighted by molar-refractivity contribution is -0.133. The van der Waals surface area contributed by atoms with Crippen molar-refractivity contribution in [3.63, 3.8) is 0 Å². The van der Waals surface area contributed by atoms with Crippen molar-refractivity contribution in [1.82, 2.24) is 20.0 Å². The fourth-order valence-corrected chi connectivity index (χ4v) is 5.83. The van der Waals surface area contributed by atoms with E-state index in [1.54, 1.807) is 48.7 Å². The van der Waals surface area contributed by atoms with Gasteiger partial charge in [0.15, 0.2) is 5.69 Å². The third-order valence-corrected chi connectivity index (χ3v) is 7.71. The van der Waals surface area contributed by atoms with Gasteiger partial charge >= 0.3 is 0 Å². The maximum absolute atomic E-state index is 13.9. The highest BCUT2D eigenvalue weighted by Crippen LogP contribution is 2.42. The number of piperazine rings is 1. The zero-order valence-corrected chi connectivity index (χ0v) is 22.5. The van der Waals surface area contributed by atoms with E-state index in [4.69, 9.17) is 33.0 Å². The summed E-state index contributed by atoms with van der Waals surface area (Å²) in [6.45, 7) is 4.30. The third kappa shape index (κ3) is 4.01. The van der Waals surface area contributed by atoms with E-state index in [2.05, 4.69) is 21.2 Å². The second kappa shape index (κ2) is 8.84. The van der Waals surface area contributed by atoms with Gasteiger partial charge in [-0.25, -0.2) is 4.68 Å². The molecule has 1 saturated heterocycles. The highest BCUT2D eigenvalue weighted by atomic mass is 79.9. The van der Waals surface area contributed by atoms with Crippen molar-refractivity contribution in [3.05, 3.63) is 61.7 Å². The van der Waals surface area contributed by atoms with Gasteiger partial charge < -0.3 is 15.0 Å². The zero-order valence-electron chi connectivity index (χ0n) is 19.4. The molecule has 0 atom stereocenters. The van der Waals surface area contributed by atoms with Gasteiger partial charge in [-0.1, -0.05) is 23.2 Å². The van der Waals surface area contributed by atoms with Crippen LogP contribution in [0.2, 0.25) is 10.0 Å². The predicted molar refractivity (Wildman–Crippen MR) is 139 cm³/mol. The van der Waals surface area contributed by atoms with Crippen LogP contribution in [0.1, 0.15) is 35.5 Å². The minimum Gasteiger partial charge on any atom is -0.496 e. The first-order valence-electron chi connectivity index (χ1n) is 11.2. The van der Waals surface area contributed by atoms with E-state index in [-0.39, 0.29) is 11.8 Å². The van der Waals surface area contributed by atoms with Crippen molar-refractivity contribution in [1.29, 1.82) is 0 Å². The number of hydrogen-bond donors (Lipinski definition) is 1. The van der Waals surface area contributed by atoms with Gasteiger partial charge in [0.1, 0.15) is 11.3 Å². The van der Waals surface area contributed by atoms with Gasteiger partial charge in [0.05, 0.1) is 23.0 Å². The average Bonchev–Trinajstić information content (AvgIpc) is 3.19. The zero-order chi connectivity index (χ0) is 25.1. The van der Waals surface area contributed by atoms with E-state index in [0.29, 0.717) is 40.9 Å². The topological polar surface area (TPSA) is 76.5 Å². The summed E-state index contributed by atoms with van der Waals surface area (Å²) in [6.07, 6.45) is 1.33. The summed E-state index contributed by atoms with van der Waals surface area (Å²) in [7, 11) is 1.63. The molecule has 2 heterocycles. The number of ether oxygens (including phenoxy) is 1. The molecule has 35 heavy (non-hydrogen) atoms. The summed E-state index contributed by atoms with van der Waals surface area (Å²) in [6, 6.07) is 9.17. The molecule has 0 radical (unpaired) electrons. The molecule has 2 aliphatic rings. The summed E-state index contributed by atoms with van der Waals surface area (Å²) in [5, 5.41) is 8.58. The standard InChI is InChI=1S/C25H23BrCl2N4O3/c1-25(2)24(34)29-6-7-31(25)23(33)21-17-5-4-13-8-20(35-3)19(26)12-18(13)22(17)32(30-21)16-10-14(27)9-15(28)11-16/h8-12H,4-7H2,1-3H3,(H,29,34). The molecule has 10 heteroatoms. The molecule has 2 aromatic carbocycles. The third-order valence-electron chi connectivity index (χ3n) is 6.65. The fraction of sp³-hybridized carbons (Fsp3) is 0.320. The number of carbonyl (C=O) groups is 2. The normalized spacial score (nSPS) is 16.4. The van der Waals surface area contributed by atoms with Crippen LogP contribution in [-0.4, -0.2) is 52.2 Å². The second-order valence-corrected chi connectivity index (χ2v) is 10.9. The van der Waals surface area contributed by atoms with Crippen molar-refractivity contribution < 1.29 is 14.3 Å². The van der Waals surface area contributed by atoms with Crippen molar-refractivity contribution in [2.45, 2.75) is 32.2 Å². The van der Waals surface area contributed by atoms with Crippen LogP contribution in [0.5, 0.6) is 5.75 Å². The quantitative estimate of drug-likeness (QED) is 0.472. The Morgan fingerprint density at radius 2 is 1.86 bits per heavy atom. The van der Waals surface area contributed by atoms with Crippen molar-refractivity contribution in [2.24, 2.45) is 0 Å². The summed E-state index contributed by atoms with van der Waals surface area (Å²) < 4.78 is 8.03. The Kier molecular flexibility index (Phi) is 6.10. The molecule has 1 N–H and O–H groups in total. The molecule has 2 amide bonds. The number of methoxy groups -OCH3 is 1. The van der Waals surface area contributed by atoms with Crippen LogP contribution >= 0.6 is 39.1 Å². The molecule has 7 nitrogen and oxygen atoms in total. The summed E-state index contributed by atoms with van der Waals surface area (Å²) in [5.74, 6) is 0.277. The molecule has 1 aromatic heterocycles. The van der Waals surface area contributed by atoms with E-state index in [1.807, 2.05) is 12.1 Å². The number of carbonyl (C=O) groups excluding carboxylic acids is 2. The van der Waals surface area contributed by atoms with Crippen molar-refractivity contribution in [2.75, 3.05) is 20.2 Å². The van der Waals surface area contributed by atoms with E-state index < -0.39 is 5.54 Å². The minimum absolute atomic E-state index is 0.187. The first kappa shape index (κ1) is 24.2. The molecule has 1 aliphatic carbocycles. The smallest absolute Gasteiger partial charge is 0.275 e. The Morgan fingerprint density at radius 1 is 1.14 bits per heavy atom. The Balaban J connectivity index is 1.74. The number of aryl methyl sites for hydroxylation is 1. The van der Waals surface area contributed by atoms with Gasteiger partial charge in [0, 0.05) is 34.3 Å². The van der Waals surface area contributed by atoms with Crippen molar-refractivity contribution >= 4 is 50.9 Å². The fourth-order valence-electron chi connectivity index (χ4n) is 4.81. The van der Waals surface area contributed by atoms with E-state index in [0.717, 1.165) is 39.0 Å². The molecule has 0 spiro atoms. The van der Waals surface area contributed by atoms with Gasteiger partial charge in [-0.05, 0) is 78.5 Å². The molecule has 5 rings (SSSR count). The first-order chi connectivity index (χ1) is 16.6.